The number of carbonyl (C=O) groups is 1. The molecule has 3 nitrogen and oxygen atoms in total. The van der Waals surface area contributed by atoms with Crippen molar-refractivity contribution in [2.75, 3.05) is 6.54 Å². The van der Waals surface area contributed by atoms with Crippen LogP contribution in [-0.2, 0) is 0 Å². The lowest BCUT2D eigenvalue weighted by Gasteiger charge is -2.21. The van der Waals surface area contributed by atoms with E-state index in [-0.39, 0.29) is 11.8 Å². The van der Waals surface area contributed by atoms with Gasteiger partial charge in [0, 0.05) is 29.2 Å². The lowest BCUT2D eigenvalue weighted by Crippen LogP contribution is -2.31. The largest absolute Gasteiger partial charge is 0.360 e. The first-order valence-electron chi connectivity index (χ1n) is 10.1. The maximum absolute atomic E-state index is 13.5. The molecule has 1 aromatic heterocycles. The summed E-state index contributed by atoms with van der Waals surface area (Å²) >= 11 is 0. The average molecular weight is 383 g/mol. The second-order valence-corrected chi connectivity index (χ2v) is 7.68. The van der Waals surface area contributed by atoms with Crippen molar-refractivity contribution in [1.29, 1.82) is 0 Å². The number of Topliss-reactive ketones (excluding diaryl/α,β-unsaturated/α-hetero) is 1. The maximum atomic E-state index is 13.5. The quantitative estimate of drug-likeness (QED) is 0.397. The number of aromatic amines is 1. The van der Waals surface area contributed by atoms with Gasteiger partial charge in [-0.1, -0.05) is 85.3 Å². The van der Waals surface area contributed by atoms with E-state index in [0.717, 1.165) is 28.6 Å². The summed E-state index contributed by atoms with van der Waals surface area (Å²) in [6.07, 6.45) is 1.83. The highest BCUT2D eigenvalue weighted by Crippen LogP contribution is 2.25. The van der Waals surface area contributed by atoms with Crippen LogP contribution in [0.2, 0.25) is 0 Å². The third-order valence-corrected chi connectivity index (χ3v) is 5.52. The summed E-state index contributed by atoms with van der Waals surface area (Å²) in [4.78, 5) is 16.8. The fourth-order valence-corrected chi connectivity index (χ4v) is 3.75. The van der Waals surface area contributed by atoms with Crippen LogP contribution in [0, 0.1) is 6.92 Å². The van der Waals surface area contributed by atoms with E-state index in [9.17, 15) is 4.79 Å². The Morgan fingerprint density at radius 2 is 1.59 bits per heavy atom. The summed E-state index contributed by atoms with van der Waals surface area (Å²) in [6.45, 7) is 5.00. The molecule has 2 N–H and O–H groups in total. The Morgan fingerprint density at radius 3 is 2.34 bits per heavy atom. The summed E-state index contributed by atoms with van der Waals surface area (Å²) in [5.74, 6) is 0.391. The van der Waals surface area contributed by atoms with Crippen LogP contribution < -0.4 is 5.32 Å². The van der Waals surface area contributed by atoms with Gasteiger partial charge in [0.2, 0.25) is 0 Å². The number of fused-ring (bicyclic) bond motifs is 1. The summed E-state index contributed by atoms with van der Waals surface area (Å²) in [5, 5.41) is 4.50. The molecule has 0 bridgehead atoms. The molecule has 0 spiro atoms. The molecule has 0 aliphatic carbocycles. The molecule has 1 heterocycles. The van der Waals surface area contributed by atoms with Crippen LogP contribution in [0.15, 0.2) is 85.1 Å². The second-order valence-electron chi connectivity index (χ2n) is 7.68. The van der Waals surface area contributed by atoms with Gasteiger partial charge < -0.3 is 10.3 Å². The van der Waals surface area contributed by atoms with E-state index >= 15 is 0 Å². The molecule has 2 atom stereocenters. The molecule has 29 heavy (non-hydrogen) atoms. The smallest absolute Gasteiger partial charge is 0.186 e. The Balaban J connectivity index is 1.60. The molecule has 4 rings (SSSR count). The standard InChI is InChI=1S/C26H26N2O/c1-18-12-14-20(15-13-18)19(2)16-28-25(21-8-4-3-5-9-21)26(29)23-17-27-24-11-7-6-10-22(23)24/h3-15,17,19,25,27-28H,16H2,1-2H3/t19-,25+/m1/s1. The van der Waals surface area contributed by atoms with Crippen molar-refractivity contribution >= 4 is 16.7 Å². The number of para-hydroxylation sites is 1. The van der Waals surface area contributed by atoms with Crippen LogP contribution in [0.5, 0.6) is 0 Å². The zero-order chi connectivity index (χ0) is 20.2. The van der Waals surface area contributed by atoms with Crippen LogP contribution in [0.3, 0.4) is 0 Å². The van der Waals surface area contributed by atoms with Gasteiger partial charge in [-0.25, -0.2) is 0 Å². The van der Waals surface area contributed by atoms with E-state index in [1.807, 2.05) is 60.8 Å². The fourth-order valence-electron chi connectivity index (χ4n) is 3.75. The number of carbonyl (C=O) groups excluding carboxylic acids is 1. The Hall–Kier alpha value is -3.17. The average Bonchev–Trinajstić information content (AvgIpc) is 3.19. The van der Waals surface area contributed by atoms with Gasteiger partial charge in [-0.3, -0.25) is 4.79 Å². The normalized spacial score (nSPS) is 13.3. The van der Waals surface area contributed by atoms with Gasteiger partial charge in [0.05, 0.1) is 6.04 Å². The van der Waals surface area contributed by atoms with Crippen LogP contribution in [0.4, 0.5) is 0 Å². The van der Waals surface area contributed by atoms with Crippen molar-refractivity contribution in [3.8, 4) is 0 Å². The van der Waals surface area contributed by atoms with Crippen molar-refractivity contribution in [1.82, 2.24) is 10.3 Å². The Kier molecular flexibility index (Phi) is 5.59. The topological polar surface area (TPSA) is 44.9 Å². The van der Waals surface area contributed by atoms with E-state index in [1.165, 1.54) is 11.1 Å². The molecule has 0 fully saturated rings. The van der Waals surface area contributed by atoms with Gasteiger partial charge in [-0.05, 0) is 30.0 Å². The minimum absolute atomic E-state index is 0.0877. The minimum Gasteiger partial charge on any atom is -0.360 e. The molecule has 0 saturated carbocycles. The van der Waals surface area contributed by atoms with Gasteiger partial charge in [-0.15, -0.1) is 0 Å². The highest BCUT2D eigenvalue weighted by atomic mass is 16.1. The Bertz CT molecular complexity index is 1100. The van der Waals surface area contributed by atoms with E-state index in [2.05, 4.69) is 48.4 Å². The number of nitrogens with one attached hydrogen (secondary N) is 2. The summed E-state index contributed by atoms with van der Waals surface area (Å²) in [6, 6.07) is 26.1. The first-order chi connectivity index (χ1) is 14.1. The molecule has 0 saturated heterocycles. The molecule has 0 aliphatic heterocycles. The van der Waals surface area contributed by atoms with Crippen LogP contribution in [-0.4, -0.2) is 17.3 Å². The molecule has 0 radical (unpaired) electrons. The maximum Gasteiger partial charge on any atom is 0.186 e. The number of hydrogen-bond acceptors (Lipinski definition) is 2. The van der Waals surface area contributed by atoms with Crippen molar-refractivity contribution in [2.24, 2.45) is 0 Å². The molecule has 4 aromatic rings. The number of ketones is 1. The number of H-pyrrole nitrogens is 1. The summed E-state index contributed by atoms with van der Waals surface area (Å²) in [5.41, 5.74) is 5.22. The van der Waals surface area contributed by atoms with Gasteiger partial charge >= 0.3 is 0 Å². The highest BCUT2D eigenvalue weighted by Gasteiger charge is 2.24. The van der Waals surface area contributed by atoms with Gasteiger partial charge in [-0.2, -0.15) is 0 Å². The van der Waals surface area contributed by atoms with Crippen molar-refractivity contribution in [3.05, 3.63) is 107 Å². The number of rotatable bonds is 7. The first-order valence-corrected chi connectivity index (χ1v) is 10.1. The van der Waals surface area contributed by atoms with E-state index in [1.54, 1.807) is 0 Å². The van der Waals surface area contributed by atoms with Crippen molar-refractivity contribution in [2.45, 2.75) is 25.8 Å². The molecule has 0 aliphatic rings. The second kappa shape index (κ2) is 8.46. The molecular weight excluding hydrogens is 356 g/mol. The first kappa shape index (κ1) is 19.2. The fraction of sp³-hybridized carbons (Fsp3) is 0.192. The van der Waals surface area contributed by atoms with Gasteiger partial charge in [0.15, 0.2) is 5.78 Å². The lowest BCUT2D eigenvalue weighted by atomic mass is 9.95. The van der Waals surface area contributed by atoms with Crippen molar-refractivity contribution < 1.29 is 4.79 Å². The molecule has 3 heteroatoms. The minimum atomic E-state index is -0.386. The predicted octanol–water partition coefficient (Wildman–Crippen LogP) is 5.79. The van der Waals surface area contributed by atoms with Crippen LogP contribution in [0.1, 0.15) is 45.9 Å². The molecule has 146 valence electrons. The third kappa shape index (κ3) is 4.15. The molecule has 3 aromatic carbocycles. The highest BCUT2D eigenvalue weighted by molar-refractivity contribution is 6.10. The predicted molar refractivity (Wildman–Crippen MR) is 119 cm³/mol. The van der Waals surface area contributed by atoms with Crippen molar-refractivity contribution in [3.63, 3.8) is 0 Å². The molecule has 0 amide bonds. The number of aryl methyl sites for hydroxylation is 1. The number of aromatic nitrogens is 1. The zero-order valence-electron chi connectivity index (χ0n) is 16.9. The molecule has 0 unspecified atom stereocenters. The lowest BCUT2D eigenvalue weighted by molar-refractivity contribution is 0.0944. The van der Waals surface area contributed by atoms with Crippen LogP contribution >= 0.6 is 0 Å². The monoisotopic (exact) mass is 382 g/mol. The van der Waals surface area contributed by atoms with Gasteiger partial charge in [0.25, 0.3) is 0 Å². The SMILES string of the molecule is Cc1ccc([C@H](C)CN[C@H](C(=O)c2c[nH]c3ccccc23)c2ccccc2)cc1. The molecular formula is C26H26N2O. The van der Waals surface area contributed by atoms with Gasteiger partial charge in [0.1, 0.15) is 0 Å². The number of benzene rings is 3. The third-order valence-electron chi connectivity index (χ3n) is 5.52. The van der Waals surface area contributed by atoms with E-state index < -0.39 is 0 Å². The summed E-state index contributed by atoms with van der Waals surface area (Å²) in [7, 11) is 0. The zero-order valence-corrected chi connectivity index (χ0v) is 16.9. The Labute approximate surface area is 171 Å². The number of hydrogen-bond donors (Lipinski definition) is 2. The van der Waals surface area contributed by atoms with Crippen LogP contribution in [0.25, 0.3) is 10.9 Å². The summed E-state index contributed by atoms with van der Waals surface area (Å²) < 4.78 is 0. The van der Waals surface area contributed by atoms with E-state index in [4.69, 9.17) is 0 Å². The Morgan fingerprint density at radius 1 is 0.897 bits per heavy atom. The van der Waals surface area contributed by atoms with E-state index in [0.29, 0.717) is 5.92 Å².